The van der Waals surface area contributed by atoms with E-state index < -0.39 is 43.8 Å². The van der Waals surface area contributed by atoms with Crippen molar-refractivity contribution in [2.24, 2.45) is 0 Å². The van der Waals surface area contributed by atoms with Gasteiger partial charge in [0.25, 0.3) is 0 Å². The molecule has 2 heterocycles. The maximum Gasteiger partial charge on any atom is 0.331 e. The largest absolute Gasteiger partial charge is 0.479 e. The van der Waals surface area contributed by atoms with Crippen LogP contribution >= 0.6 is 58.2 Å². The molecule has 2 saturated heterocycles. The number of carboxylic acid groups (broad SMARTS) is 1. The number of carbonyl (C=O) groups is 3. The van der Waals surface area contributed by atoms with Crippen molar-refractivity contribution < 1.29 is 19.5 Å². The lowest BCUT2D eigenvalue weighted by Gasteiger charge is -2.50. The molecular weight excluding hydrogens is 482 g/mol. The number of rotatable bonds is 6. The zero-order chi connectivity index (χ0) is 21.6. The highest BCUT2D eigenvalue weighted by atomic mass is 35.6. The molecule has 0 aliphatic carbocycles. The molecule has 3 unspecified atom stereocenters. The molecule has 1 aromatic carbocycles. The lowest BCUT2D eigenvalue weighted by Crippen LogP contribution is -2.76. The number of thioether (sulfide) groups is 1. The highest BCUT2D eigenvalue weighted by Crippen LogP contribution is 2.61. The van der Waals surface area contributed by atoms with Crippen LogP contribution in [0.1, 0.15) is 18.9 Å². The van der Waals surface area contributed by atoms with Gasteiger partial charge in [-0.2, -0.15) is 0 Å². The minimum atomic E-state index is -1.91. The van der Waals surface area contributed by atoms with Crippen molar-refractivity contribution in [3.8, 4) is 0 Å². The summed E-state index contributed by atoms with van der Waals surface area (Å²) in [5, 5.41) is 12.2. The first-order valence-corrected chi connectivity index (χ1v) is 11.2. The number of halogens is 4. The predicted octanol–water partition coefficient (Wildman–Crippen LogP) is 3.21. The molecule has 2 N–H and O–H groups in total. The molecule has 0 spiro atoms. The average Bonchev–Trinajstić information content (AvgIpc) is 2.86. The molecule has 6 nitrogen and oxygen atoms in total. The van der Waals surface area contributed by atoms with Crippen molar-refractivity contribution in [3.05, 3.63) is 35.9 Å². The molecule has 0 aromatic heterocycles. The molecule has 29 heavy (non-hydrogen) atoms. The van der Waals surface area contributed by atoms with Crippen molar-refractivity contribution >= 4 is 75.9 Å². The number of nitrogens with zero attached hydrogens (tertiary/aromatic N) is 1. The molecule has 3 rings (SSSR count). The zero-order valence-corrected chi connectivity index (χ0v) is 19.0. The first-order chi connectivity index (χ1) is 13.4. The molecule has 4 atom stereocenters. The van der Waals surface area contributed by atoms with E-state index in [0.29, 0.717) is 0 Å². The van der Waals surface area contributed by atoms with Gasteiger partial charge in [-0.25, -0.2) is 4.79 Å². The number of carboxylic acids is 1. The summed E-state index contributed by atoms with van der Waals surface area (Å²) in [5.74, 6) is -2.26. The van der Waals surface area contributed by atoms with Crippen molar-refractivity contribution in [1.29, 1.82) is 0 Å². The summed E-state index contributed by atoms with van der Waals surface area (Å²) in [7, 11) is 0. The first-order valence-electron chi connectivity index (χ1n) is 8.65. The van der Waals surface area contributed by atoms with Crippen LogP contribution in [0.3, 0.4) is 0 Å². The fourth-order valence-electron chi connectivity index (χ4n) is 3.86. The molecule has 1 aromatic rings. The highest BCUT2D eigenvalue weighted by Gasteiger charge is 2.75. The lowest BCUT2D eigenvalue weighted by molar-refractivity contribution is -0.172. The maximum atomic E-state index is 12.9. The predicted molar refractivity (Wildman–Crippen MR) is 115 cm³/mol. The van der Waals surface area contributed by atoms with Gasteiger partial charge in [-0.1, -0.05) is 65.1 Å². The van der Waals surface area contributed by atoms with E-state index in [1.54, 1.807) is 19.1 Å². The Bertz CT molecular complexity index is 837. The quantitative estimate of drug-likeness (QED) is 0.463. The van der Waals surface area contributed by atoms with E-state index in [1.807, 2.05) is 18.2 Å². The molecule has 0 saturated carbocycles. The van der Waals surface area contributed by atoms with Gasteiger partial charge in [-0.3, -0.25) is 9.59 Å². The SMILES string of the molecule is CC1(CCl)S[C@@H]2C(NC(=O)Cc3ccccc3)C(=O)N2C1(CC(Cl)(Cl)Cl)C(=O)O. The van der Waals surface area contributed by atoms with Gasteiger partial charge >= 0.3 is 5.97 Å². The van der Waals surface area contributed by atoms with Crippen LogP contribution in [0, 0.1) is 0 Å². The Kier molecular flexibility index (Phi) is 6.30. The third-order valence-electron chi connectivity index (χ3n) is 5.30. The van der Waals surface area contributed by atoms with E-state index in [9.17, 15) is 19.5 Å². The van der Waals surface area contributed by atoms with Crippen LogP contribution in [0.25, 0.3) is 0 Å². The Morgan fingerprint density at radius 2 is 1.90 bits per heavy atom. The van der Waals surface area contributed by atoms with Gasteiger partial charge in [0.2, 0.25) is 11.8 Å². The molecule has 2 amide bonds. The summed E-state index contributed by atoms with van der Waals surface area (Å²) in [5.41, 5.74) is -1.01. The van der Waals surface area contributed by atoms with Crippen LogP contribution < -0.4 is 5.32 Å². The summed E-state index contributed by atoms with van der Waals surface area (Å²) < 4.78 is -3.04. The summed E-state index contributed by atoms with van der Waals surface area (Å²) in [6.07, 6.45) is -0.323. The molecule has 2 fully saturated rings. The second kappa shape index (κ2) is 8.00. The van der Waals surface area contributed by atoms with E-state index in [2.05, 4.69) is 5.32 Å². The van der Waals surface area contributed by atoms with E-state index in [0.717, 1.165) is 5.56 Å². The van der Waals surface area contributed by atoms with Crippen molar-refractivity contribution in [1.82, 2.24) is 10.2 Å². The number of hydrogen-bond acceptors (Lipinski definition) is 4. The van der Waals surface area contributed by atoms with Crippen LogP contribution in [0.2, 0.25) is 0 Å². The molecular formula is C18H18Cl4N2O4S. The molecule has 0 radical (unpaired) electrons. The summed E-state index contributed by atoms with van der Waals surface area (Å²) in [6.45, 7) is 1.63. The van der Waals surface area contributed by atoms with Gasteiger partial charge in [0.05, 0.1) is 11.2 Å². The van der Waals surface area contributed by atoms with E-state index in [1.165, 1.54) is 16.7 Å². The number of aliphatic carboxylic acids is 1. The van der Waals surface area contributed by atoms with Gasteiger partial charge < -0.3 is 15.3 Å². The topological polar surface area (TPSA) is 86.7 Å². The Morgan fingerprint density at radius 3 is 2.41 bits per heavy atom. The van der Waals surface area contributed by atoms with Crippen LogP contribution in [0.5, 0.6) is 0 Å². The number of β-lactam (4-membered cyclic amide) rings is 1. The fourth-order valence-corrected chi connectivity index (χ4v) is 6.61. The molecule has 11 heteroatoms. The Hall–Kier alpha value is -0.860. The number of carbonyl (C=O) groups excluding carboxylic acids is 2. The summed E-state index contributed by atoms with van der Waals surface area (Å²) >= 11 is 25.1. The monoisotopic (exact) mass is 498 g/mol. The molecule has 2 aliphatic heterocycles. The second-order valence-electron chi connectivity index (χ2n) is 7.25. The first kappa shape index (κ1) is 22.8. The van der Waals surface area contributed by atoms with Gasteiger partial charge in [-0.15, -0.1) is 23.4 Å². The number of alkyl halides is 4. The summed E-state index contributed by atoms with van der Waals surface area (Å²) in [6, 6.07) is 8.22. The minimum absolute atomic E-state index is 0.0876. The average molecular weight is 500 g/mol. The van der Waals surface area contributed by atoms with Gasteiger partial charge in [-0.05, 0) is 12.5 Å². The molecule has 0 bridgehead atoms. The minimum Gasteiger partial charge on any atom is -0.479 e. The maximum absolute atomic E-state index is 12.9. The van der Waals surface area contributed by atoms with Crippen molar-refractivity contribution in [2.75, 3.05) is 5.88 Å². The van der Waals surface area contributed by atoms with E-state index in [-0.39, 0.29) is 18.2 Å². The Labute approximate surface area is 192 Å². The second-order valence-corrected chi connectivity index (χ2v) is 11.6. The normalized spacial score (nSPS) is 31.2. The zero-order valence-electron chi connectivity index (χ0n) is 15.2. The number of amides is 2. The van der Waals surface area contributed by atoms with Crippen molar-refractivity contribution in [3.63, 3.8) is 0 Å². The van der Waals surface area contributed by atoms with Crippen LogP contribution in [0.4, 0.5) is 0 Å². The fraction of sp³-hybridized carbons (Fsp3) is 0.500. The van der Waals surface area contributed by atoms with Gasteiger partial charge in [0.15, 0.2) is 9.33 Å². The molecule has 158 valence electrons. The van der Waals surface area contributed by atoms with Crippen LogP contribution in [0.15, 0.2) is 30.3 Å². The van der Waals surface area contributed by atoms with E-state index in [4.69, 9.17) is 46.4 Å². The number of fused-ring (bicyclic) bond motifs is 1. The Morgan fingerprint density at radius 1 is 1.28 bits per heavy atom. The smallest absolute Gasteiger partial charge is 0.331 e. The van der Waals surface area contributed by atoms with Crippen LogP contribution in [-0.4, -0.2) is 59.2 Å². The van der Waals surface area contributed by atoms with Crippen molar-refractivity contribution in [2.45, 2.75) is 45.3 Å². The van der Waals surface area contributed by atoms with E-state index >= 15 is 0 Å². The third-order valence-corrected chi connectivity index (χ3v) is 8.12. The van der Waals surface area contributed by atoms with Gasteiger partial charge in [0, 0.05) is 12.3 Å². The Balaban J connectivity index is 1.84. The lowest BCUT2D eigenvalue weighted by atomic mass is 9.78. The third kappa shape index (κ3) is 3.92. The standard InChI is InChI=1S/C18H18Cl4N2O4S/c1-16(9-19)17(15(27)28,8-18(20,21)22)24-13(26)12(14(24)29-16)23-11(25)7-10-5-3-2-4-6-10/h2-6,12,14H,7-9H2,1H3,(H,23,25)(H,27,28)/t12?,14-,16?,17?/m1/s1. The summed E-state index contributed by atoms with van der Waals surface area (Å²) in [4.78, 5) is 38.9. The highest BCUT2D eigenvalue weighted by molar-refractivity contribution is 8.01. The molecule has 2 aliphatic rings. The van der Waals surface area contributed by atoms with Crippen LogP contribution in [-0.2, 0) is 20.8 Å². The number of nitrogens with one attached hydrogen (secondary N) is 1. The number of benzene rings is 1. The van der Waals surface area contributed by atoms with Gasteiger partial charge in [0.1, 0.15) is 11.4 Å². The number of hydrogen-bond donors (Lipinski definition) is 2.